The predicted molar refractivity (Wildman–Crippen MR) is 83.1 cm³/mol. The van der Waals surface area contributed by atoms with Gasteiger partial charge < -0.3 is 9.64 Å². The Kier molecular flexibility index (Phi) is 14.9. The number of halogens is 1. The first-order chi connectivity index (χ1) is 9.06. The van der Waals surface area contributed by atoms with Gasteiger partial charge in [0.15, 0.2) is 0 Å². The molecular formula is C16H32FNO. The van der Waals surface area contributed by atoms with Gasteiger partial charge in [-0.2, -0.15) is 0 Å². The molecule has 0 aromatic heterocycles. The third kappa shape index (κ3) is 9.85. The summed E-state index contributed by atoms with van der Waals surface area (Å²) in [7, 11) is 3.57. The zero-order chi connectivity index (χ0) is 15.3. The molecule has 2 atom stereocenters. The molecular weight excluding hydrogens is 241 g/mol. The minimum absolute atomic E-state index is 0.305. The van der Waals surface area contributed by atoms with Crippen molar-refractivity contribution in [3.05, 3.63) is 25.1 Å². The molecule has 0 aliphatic carbocycles. The smallest absolute Gasteiger partial charge is 0.100 e. The van der Waals surface area contributed by atoms with Gasteiger partial charge in [0, 0.05) is 13.7 Å². The Morgan fingerprint density at radius 3 is 2.32 bits per heavy atom. The van der Waals surface area contributed by atoms with Crippen LogP contribution in [0.5, 0.6) is 0 Å². The van der Waals surface area contributed by atoms with Crippen LogP contribution >= 0.6 is 0 Å². The summed E-state index contributed by atoms with van der Waals surface area (Å²) < 4.78 is 18.6. The molecule has 0 rings (SSSR count). The van der Waals surface area contributed by atoms with E-state index in [1.807, 2.05) is 20.9 Å². The van der Waals surface area contributed by atoms with Crippen LogP contribution in [0.15, 0.2) is 25.1 Å². The van der Waals surface area contributed by atoms with E-state index < -0.39 is 0 Å². The normalized spacial score (nSPS) is 13.4. The summed E-state index contributed by atoms with van der Waals surface area (Å²) in [4.78, 5) is 2.13. The Balaban J connectivity index is 0. The molecule has 0 saturated carbocycles. The fourth-order valence-electron chi connectivity index (χ4n) is 1.86. The molecule has 114 valence electrons. The number of ether oxygens (including phenoxy) is 1. The van der Waals surface area contributed by atoms with Crippen LogP contribution in [0.2, 0.25) is 0 Å². The Bertz CT molecular complexity index is 231. The third-order valence-corrected chi connectivity index (χ3v) is 2.96. The highest BCUT2D eigenvalue weighted by molar-refractivity contribution is 5.01. The van der Waals surface area contributed by atoms with Crippen LogP contribution in [0.4, 0.5) is 4.39 Å². The molecule has 0 aromatic rings. The third-order valence-electron chi connectivity index (χ3n) is 2.96. The molecule has 0 saturated heterocycles. The van der Waals surface area contributed by atoms with Crippen LogP contribution in [0, 0.1) is 5.92 Å². The highest BCUT2D eigenvalue weighted by Crippen LogP contribution is 2.19. The van der Waals surface area contributed by atoms with Gasteiger partial charge in [-0.05, 0) is 20.0 Å². The molecule has 2 unspecified atom stereocenters. The molecule has 0 radical (unpaired) electrons. The highest BCUT2D eigenvalue weighted by atomic mass is 19.1. The van der Waals surface area contributed by atoms with E-state index in [1.54, 1.807) is 13.2 Å². The van der Waals surface area contributed by atoms with Crippen molar-refractivity contribution in [3.8, 4) is 0 Å². The highest BCUT2D eigenvalue weighted by Gasteiger charge is 2.23. The number of hydrogen-bond donors (Lipinski definition) is 0. The van der Waals surface area contributed by atoms with Crippen molar-refractivity contribution in [1.29, 1.82) is 0 Å². The minimum atomic E-state index is -0.334. The van der Waals surface area contributed by atoms with Crippen LogP contribution < -0.4 is 0 Å². The van der Waals surface area contributed by atoms with Crippen molar-refractivity contribution in [1.82, 2.24) is 4.90 Å². The molecule has 0 bridgehead atoms. The topological polar surface area (TPSA) is 12.5 Å². The van der Waals surface area contributed by atoms with Gasteiger partial charge in [-0.3, -0.25) is 0 Å². The SMILES string of the molecule is C=CC(OC)C(CN(C)CCCCC)C(=C)F.CC. The fourth-order valence-corrected chi connectivity index (χ4v) is 1.86. The maximum atomic E-state index is 13.4. The average molecular weight is 273 g/mol. The summed E-state index contributed by atoms with van der Waals surface area (Å²) in [6, 6.07) is 0. The lowest BCUT2D eigenvalue weighted by molar-refractivity contribution is 0.0784. The number of nitrogens with zero attached hydrogens (tertiary/aromatic N) is 1. The molecule has 0 spiro atoms. The van der Waals surface area contributed by atoms with Gasteiger partial charge in [-0.1, -0.05) is 46.3 Å². The minimum Gasteiger partial charge on any atom is -0.377 e. The van der Waals surface area contributed by atoms with Gasteiger partial charge >= 0.3 is 0 Å². The monoisotopic (exact) mass is 273 g/mol. The second-order valence-corrected chi connectivity index (χ2v) is 4.46. The van der Waals surface area contributed by atoms with Crippen molar-refractivity contribution in [2.45, 2.75) is 46.1 Å². The van der Waals surface area contributed by atoms with Crippen LogP contribution in [0.1, 0.15) is 40.0 Å². The van der Waals surface area contributed by atoms with E-state index in [-0.39, 0.29) is 17.8 Å². The first-order valence-corrected chi connectivity index (χ1v) is 7.25. The maximum Gasteiger partial charge on any atom is 0.100 e. The molecule has 19 heavy (non-hydrogen) atoms. The van der Waals surface area contributed by atoms with Gasteiger partial charge in [-0.25, -0.2) is 4.39 Å². The first-order valence-electron chi connectivity index (χ1n) is 7.25. The Morgan fingerprint density at radius 1 is 1.37 bits per heavy atom. The Labute approximate surface area is 119 Å². The number of rotatable bonds is 10. The zero-order valence-electron chi connectivity index (χ0n) is 13.4. The van der Waals surface area contributed by atoms with Gasteiger partial charge in [-0.15, -0.1) is 6.58 Å². The van der Waals surface area contributed by atoms with Crippen LogP contribution in [0.3, 0.4) is 0 Å². The molecule has 0 aliphatic rings. The standard InChI is InChI=1S/C14H26FNO.C2H6/c1-6-8-9-10-16(4)11-13(12(3)15)14(7-2)17-5;1-2/h7,13-14H,2-3,6,8-11H2,1,4-5H3;1-2H3. The molecule has 0 aromatic carbocycles. The summed E-state index contributed by atoms with van der Waals surface area (Å²) in [5.41, 5.74) is 0. The van der Waals surface area contributed by atoms with Gasteiger partial charge in [0.05, 0.1) is 12.0 Å². The Morgan fingerprint density at radius 2 is 1.95 bits per heavy atom. The second kappa shape index (κ2) is 13.8. The molecule has 0 aliphatic heterocycles. The second-order valence-electron chi connectivity index (χ2n) is 4.46. The van der Waals surface area contributed by atoms with E-state index in [4.69, 9.17) is 4.74 Å². The number of unbranched alkanes of at least 4 members (excludes halogenated alkanes) is 2. The molecule has 0 fully saturated rings. The number of methoxy groups -OCH3 is 1. The predicted octanol–water partition coefficient (Wildman–Crippen LogP) is 4.44. The molecule has 2 nitrogen and oxygen atoms in total. The van der Waals surface area contributed by atoms with E-state index in [1.165, 1.54) is 12.8 Å². The largest absolute Gasteiger partial charge is 0.377 e. The molecule has 3 heteroatoms. The first kappa shape index (κ1) is 20.6. The molecule has 0 heterocycles. The lowest BCUT2D eigenvalue weighted by atomic mass is 10.0. The van der Waals surface area contributed by atoms with Crippen molar-refractivity contribution in [3.63, 3.8) is 0 Å². The summed E-state index contributed by atoms with van der Waals surface area (Å²) >= 11 is 0. The van der Waals surface area contributed by atoms with Crippen molar-refractivity contribution < 1.29 is 9.13 Å². The van der Waals surface area contributed by atoms with Crippen LogP contribution in [0.25, 0.3) is 0 Å². The van der Waals surface area contributed by atoms with Gasteiger partial charge in [0.25, 0.3) is 0 Å². The van der Waals surface area contributed by atoms with Crippen molar-refractivity contribution in [2.24, 2.45) is 5.92 Å². The quantitative estimate of drug-likeness (QED) is 0.431. The zero-order valence-corrected chi connectivity index (χ0v) is 13.4. The van der Waals surface area contributed by atoms with E-state index in [0.717, 1.165) is 13.0 Å². The fraction of sp³-hybridized carbons (Fsp3) is 0.750. The average Bonchev–Trinajstić information content (AvgIpc) is 2.41. The van der Waals surface area contributed by atoms with E-state index in [0.29, 0.717) is 6.54 Å². The molecule has 0 amide bonds. The van der Waals surface area contributed by atoms with Crippen LogP contribution in [-0.4, -0.2) is 38.3 Å². The van der Waals surface area contributed by atoms with Crippen molar-refractivity contribution in [2.75, 3.05) is 27.2 Å². The van der Waals surface area contributed by atoms with Gasteiger partial charge in [0.1, 0.15) is 5.83 Å². The van der Waals surface area contributed by atoms with Crippen molar-refractivity contribution >= 4 is 0 Å². The summed E-state index contributed by atoms with van der Waals surface area (Å²) in [5, 5.41) is 0. The summed E-state index contributed by atoms with van der Waals surface area (Å²) in [6.45, 7) is 14.8. The van der Waals surface area contributed by atoms with Crippen LogP contribution in [-0.2, 0) is 4.74 Å². The van der Waals surface area contributed by atoms with E-state index in [2.05, 4.69) is 25.0 Å². The molecule has 0 N–H and O–H groups in total. The Hall–Kier alpha value is -0.670. The summed E-state index contributed by atoms with van der Waals surface area (Å²) in [5.74, 6) is -0.664. The lowest BCUT2D eigenvalue weighted by Crippen LogP contribution is -2.34. The van der Waals surface area contributed by atoms with Gasteiger partial charge in [0.2, 0.25) is 0 Å². The number of hydrogen-bond acceptors (Lipinski definition) is 2. The lowest BCUT2D eigenvalue weighted by Gasteiger charge is -2.27. The van der Waals surface area contributed by atoms with E-state index in [9.17, 15) is 4.39 Å². The summed E-state index contributed by atoms with van der Waals surface area (Å²) in [6.07, 6.45) is 4.88. The maximum absolute atomic E-state index is 13.4. The van der Waals surface area contributed by atoms with E-state index >= 15 is 0 Å².